The lowest BCUT2D eigenvalue weighted by molar-refractivity contribution is -0.146. The third-order valence-corrected chi connectivity index (χ3v) is 3.72. The minimum Gasteiger partial charge on any atom is -0.497 e. The number of carboxylic acid groups (broad SMARTS) is 1. The van der Waals surface area contributed by atoms with Crippen LogP contribution in [0.2, 0.25) is 0 Å². The maximum Gasteiger partial charge on any atom is 0.305 e. The van der Waals surface area contributed by atoms with E-state index in [9.17, 15) is 9.59 Å². The van der Waals surface area contributed by atoms with E-state index < -0.39 is 5.97 Å². The van der Waals surface area contributed by atoms with Gasteiger partial charge in [-0.3, -0.25) is 9.59 Å². The van der Waals surface area contributed by atoms with Crippen molar-refractivity contribution in [3.05, 3.63) is 29.8 Å². The number of benzene rings is 1. The molecule has 1 unspecified atom stereocenters. The molecule has 0 radical (unpaired) electrons. The van der Waals surface area contributed by atoms with Crippen molar-refractivity contribution < 1.29 is 24.2 Å². The van der Waals surface area contributed by atoms with Crippen molar-refractivity contribution in [2.24, 2.45) is 0 Å². The van der Waals surface area contributed by atoms with Crippen LogP contribution in [-0.2, 0) is 20.7 Å². The number of carbonyl (C=O) groups is 2. The van der Waals surface area contributed by atoms with E-state index in [1.165, 1.54) is 0 Å². The fourth-order valence-corrected chi connectivity index (χ4v) is 2.58. The Bertz CT molecular complexity index is 531. The summed E-state index contributed by atoms with van der Waals surface area (Å²) in [4.78, 5) is 24.9. The van der Waals surface area contributed by atoms with Gasteiger partial charge in [-0.25, -0.2) is 0 Å². The van der Waals surface area contributed by atoms with Gasteiger partial charge in [0.05, 0.1) is 32.8 Å². The molecule has 1 fully saturated rings. The monoisotopic (exact) mass is 307 g/mol. The molecule has 0 aromatic heterocycles. The molecular weight excluding hydrogens is 286 g/mol. The van der Waals surface area contributed by atoms with Gasteiger partial charge in [-0.1, -0.05) is 12.1 Å². The Hall–Kier alpha value is -2.08. The first-order valence-corrected chi connectivity index (χ1v) is 7.32. The third-order valence-electron chi connectivity index (χ3n) is 3.72. The minimum absolute atomic E-state index is 0.0302. The first-order chi connectivity index (χ1) is 10.6. The maximum absolute atomic E-state index is 12.4. The second-order valence-electron chi connectivity index (χ2n) is 5.27. The van der Waals surface area contributed by atoms with Crippen LogP contribution in [0.5, 0.6) is 5.75 Å². The molecule has 0 bridgehead atoms. The highest BCUT2D eigenvalue weighted by Crippen LogP contribution is 2.16. The van der Waals surface area contributed by atoms with Gasteiger partial charge in [-0.15, -0.1) is 0 Å². The van der Waals surface area contributed by atoms with Crippen molar-refractivity contribution in [1.29, 1.82) is 0 Å². The summed E-state index contributed by atoms with van der Waals surface area (Å²) in [5.41, 5.74) is 1.02. The number of aryl methyl sites for hydroxylation is 1. The van der Waals surface area contributed by atoms with E-state index in [1.807, 2.05) is 24.3 Å². The second kappa shape index (κ2) is 7.79. The van der Waals surface area contributed by atoms with E-state index in [-0.39, 0.29) is 25.0 Å². The van der Waals surface area contributed by atoms with E-state index in [0.717, 1.165) is 11.3 Å². The zero-order chi connectivity index (χ0) is 15.9. The number of nitrogens with zero attached hydrogens (tertiary/aromatic N) is 1. The smallest absolute Gasteiger partial charge is 0.305 e. The number of rotatable bonds is 6. The number of carboxylic acids is 1. The van der Waals surface area contributed by atoms with Gasteiger partial charge >= 0.3 is 5.97 Å². The zero-order valence-corrected chi connectivity index (χ0v) is 12.7. The lowest BCUT2D eigenvalue weighted by Gasteiger charge is -2.35. The lowest BCUT2D eigenvalue weighted by Crippen LogP contribution is -2.49. The number of methoxy groups -OCH3 is 1. The highest BCUT2D eigenvalue weighted by Gasteiger charge is 2.28. The van der Waals surface area contributed by atoms with Gasteiger partial charge in [0.1, 0.15) is 5.75 Å². The van der Waals surface area contributed by atoms with E-state index >= 15 is 0 Å². The second-order valence-corrected chi connectivity index (χ2v) is 5.27. The summed E-state index contributed by atoms with van der Waals surface area (Å²) in [5, 5.41) is 8.92. The standard InChI is InChI=1S/C16H21NO5/c1-21-14-4-2-3-12(9-14)5-6-15(18)17-7-8-22-11-13(17)10-16(19)20/h2-4,9,13H,5-8,10-11H2,1H3,(H,19,20). The van der Waals surface area contributed by atoms with Crippen molar-refractivity contribution in [3.63, 3.8) is 0 Å². The quantitative estimate of drug-likeness (QED) is 0.858. The van der Waals surface area contributed by atoms with Crippen molar-refractivity contribution >= 4 is 11.9 Å². The molecule has 1 heterocycles. The van der Waals surface area contributed by atoms with Crippen LogP contribution in [0.1, 0.15) is 18.4 Å². The zero-order valence-electron chi connectivity index (χ0n) is 12.7. The normalized spacial score (nSPS) is 18.0. The van der Waals surface area contributed by atoms with E-state index in [4.69, 9.17) is 14.6 Å². The van der Waals surface area contributed by atoms with Gasteiger partial charge in [0.15, 0.2) is 0 Å². The summed E-state index contributed by atoms with van der Waals surface area (Å²) in [6, 6.07) is 7.23. The topological polar surface area (TPSA) is 76.1 Å². The van der Waals surface area contributed by atoms with Crippen molar-refractivity contribution in [2.75, 3.05) is 26.9 Å². The SMILES string of the molecule is COc1cccc(CCC(=O)N2CCOCC2CC(=O)O)c1. The third kappa shape index (κ3) is 4.46. The number of aliphatic carboxylic acids is 1. The molecule has 0 saturated carbocycles. The molecule has 2 rings (SSSR count). The van der Waals surface area contributed by atoms with Crippen LogP contribution in [0.4, 0.5) is 0 Å². The van der Waals surface area contributed by atoms with E-state index in [1.54, 1.807) is 12.0 Å². The predicted octanol–water partition coefficient (Wildman–Crippen LogP) is 1.33. The van der Waals surface area contributed by atoms with Crippen LogP contribution in [0.15, 0.2) is 24.3 Å². The lowest BCUT2D eigenvalue weighted by atomic mass is 10.1. The molecule has 1 saturated heterocycles. The number of amides is 1. The molecule has 1 N–H and O–H groups in total. The molecule has 1 aromatic carbocycles. The van der Waals surface area contributed by atoms with Crippen LogP contribution in [0.25, 0.3) is 0 Å². The molecule has 1 aliphatic heterocycles. The summed E-state index contributed by atoms with van der Waals surface area (Å²) < 4.78 is 10.4. The summed E-state index contributed by atoms with van der Waals surface area (Å²) in [6.45, 7) is 1.20. The minimum atomic E-state index is -0.916. The first-order valence-electron chi connectivity index (χ1n) is 7.32. The van der Waals surface area contributed by atoms with Gasteiger partial charge < -0.3 is 19.5 Å². The molecule has 1 aliphatic rings. The highest BCUT2D eigenvalue weighted by atomic mass is 16.5. The van der Waals surface area contributed by atoms with Crippen LogP contribution in [0.3, 0.4) is 0 Å². The predicted molar refractivity (Wildman–Crippen MR) is 79.9 cm³/mol. The van der Waals surface area contributed by atoms with Crippen LogP contribution < -0.4 is 4.74 Å². The summed E-state index contributed by atoms with van der Waals surface area (Å²) in [5.74, 6) is -0.182. The van der Waals surface area contributed by atoms with E-state index in [2.05, 4.69) is 0 Å². The largest absolute Gasteiger partial charge is 0.497 e. The molecule has 22 heavy (non-hydrogen) atoms. The summed E-state index contributed by atoms with van der Waals surface area (Å²) in [6.07, 6.45) is 0.876. The molecule has 1 amide bonds. The number of hydrogen-bond acceptors (Lipinski definition) is 4. The Labute approximate surface area is 129 Å². The number of morpholine rings is 1. The van der Waals surface area contributed by atoms with Crippen molar-refractivity contribution in [1.82, 2.24) is 4.90 Å². The van der Waals surface area contributed by atoms with E-state index in [0.29, 0.717) is 26.0 Å². The Kier molecular flexibility index (Phi) is 5.77. The highest BCUT2D eigenvalue weighted by molar-refractivity contribution is 5.78. The van der Waals surface area contributed by atoms with Gasteiger partial charge in [0.25, 0.3) is 0 Å². The fraction of sp³-hybridized carbons (Fsp3) is 0.500. The van der Waals surface area contributed by atoms with Gasteiger partial charge in [0, 0.05) is 13.0 Å². The molecule has 1 aromatic rings. The number of ether oxygens (including phenoxy) is 2. The van der Waals surface area contributed by atoms with Gasteiger partial charge in [-0.2, -0.15) is 0 Å². The Balaban J connectivity index is 1.93. The molecule has 0 spiro atoms. The average Bonchev–Trinajstić information content (AvgIpc) is 2.53. The molecule has 1 atom stereocenters. The molecule has 6 heteroatoms. The summed E-state index contributed by atoms with van der Waals surface area (Å²) in [7, 11) is 1.61. The van der Waals surface area contributed by atoms with Gasteiger partial charge in [-0.05, 0) is 24.1 Å². The van der Waals surface area contributed by atoms with Crippen molar-refractivity contribution in [3.8, 4) is 5.75 Å². The maximum atomic E-state index is 12.4. The van der Waals surface area contributed by atoms with Gasteiger partial charge in [0.2, 0.25) is 5.91 Å². The molecule has 6 nitrogen and oxygen atoms in total. The first kappa shape index (κ1) is 16.3. The molecule has 120 valence electrons. The summed E-state index contributed by atoms with van der Waals surface area (Å²) >= 11 is 0. The molecule has 0 aliphatic carbocycles. The van der Waals surface area contributed by atoms with Crippen LogP contribution >= 0.6 is 0 Å². The number of hydrogen-bond donors (Lipinski definition) is 1. The van der Waals surface area contributed by atoms with Crippen LogP contribution in [-0.4, -0.2) is 54.8 Å². The fourth-order valence-electron chi connectivity index (χ4n) is 2.58. The Morgan fingerprint density at radius 2 is 2.27 bits per heavy atom. The average molecular weight is 307 g/mol. The Morgan fingerprint density at radius 3 is 3.00 bits per heavy atom. The Morgan fingerprint density at radius 1 is 1.45 bits per heavy atom. The number of carbonyl (C=O) groups excluding carboxylic acids is 1. The van der Waals surface area contributed by atoms with Crippen molar-refractivity contribution in [2.45, 2.75) is 25.3 Å². The van der Waals surface area contributed by atoms with Crippen LogP contribution in [0, 0.1) is 0 Å². The molecular formula is C16H21NO5.